The number of hydrogen-bond acceptors (Lipinski definition) is 3. The maximum atomic E-state index is 9.52. The molecular weight excluding hydrogens is 164 g/mol. The van der Waals surface area contributed by atoms with Crippen LogP contribution in [0.15, 0.2) is 12.1 Å². The summed E-state index contributed by atoms with van der Waals surface area (Å²) in [7, 11) is 0. The van der Waals surface area contributed by atoms with Crippen molar-refractivity contribution in [3.05, 3.63) is 23.3 Å². The fraction of sp³-hybridized carbons (Fsp3) is 0.400. The van der Waals surface area contributed by atoms with Gasteiger partial charge in [0.25, 0.3) is 0 Å². The van der Waals surface area contributed by atoms with Crippen molar-refractivity contribution in [2.45, 2.75) is 20.8 Å². The lowest BCUT2D eigenvalue weighted by molar-refractivity contribution is 0.259. The summed E-state index contributed by atoms with van der Waals surface area (Å²) in [5, 5.41) is 10.7. The Balaban J connectivity index is 3.18. The van der Waals surface area contributed by atoms with Gasteiger partial charge < -0.3 is 5.73 Å². The first-order chi connectivity index (χ1) is 6.07. The summed E-state index contributed by atoms with van der Waals surface area (Å²) in [4.78, 5) is 0. The third-order valence-corrected chi connectivity index (χ3v) is 2.38. The van der Waals surface area contributed by atoms with E-state index in [0.29, 0.717) is 6.54 Å². The van der Waals surface area contributed by atoms with Gasteiger partial charge in [-0.25, -0.2) is 0 Å². The number of hydroxylamine groups is 1. The quantitative estimate of drug-likeness (QED) is 0.541. The first kappa shape index (κ1) is 9.86. The number of nitrogens with two attached hydrogens (primary N) is 1. The molecule has 0 aliphatic heterocycles. The Bertz CT molecular complexity index is 310. The molecule has 0 aliphatic carbocycles. The summed E-state index contributed by atoms with van der Waals surface area (Å²) < 4.78 is 0. The first-order valence-corrected chi connectivity index (χ1v) is 4.40. The Morgan fingerprint density at radius 1 is 1.31 bits per heavy atom. The second-order valence-electron chi connectivity index (χ2n) is 3.14. The Hall–Kier alpha value is -1.22. The second kappa shape index (κ2) is 3.66. The number of rotatable bonds is 2. The van der Waals surface area contributed by atoms with Crippen LogP contribution in [0.4, 0.5) is 11.4 Å². The SMILES string of the molecule is CCN(O)c1ccc(N)c(C)c1C. The molecule has 0 unspecified atom stereocenters. The molecule has 0 aromatic heterocycles. The van der Waals surface area contributed by atoms with E-state index in [1.807, 2.05) is 32.9 Å². The van der Waals surface area contributed by atoms with Crippen molar-refractivity contribution in [1.29, 1.82) is 0 Å². The topological polar surface area (TPSA) is 49.5 Å². The van der Waals surface area contributed by atoms with Crippen LogP contribution in [0.1, 0.15) is 18.1 Å². The van der Waals surface area contributed by atoms with Gasteiger partial charge in [-0.2, -0.15) is 0 Å². The van der Waals surface area contributed by atoms with Crippen molar-refractivity contribution in [3.63, 3.8) is 0 Å². The standard InChI is InChI=1S/C10H16N2O/c1-4-12(13)10-6-5-9(11)7(2)8(10)3/h5-6,13H,4,11H2,1-3H3. The van der Waals surface area contributed by atoms with Crippen molar-refractivity contribution in [1.82, 2.24) is 0 Å². The molecule has 0 saturated carbocycles. The minimum absolute atomic E-state index is 0.574. The van der Waals surface area contributed by atoms with E-state index in [9.17, 15) is 5.21 Å². The molecule has 3 heteroatoms. The van der Waals surface area contributed by atoms with Crippen LogP contribution in [0.2, 0.25) is 0 Å². The summed E-state index contributed by atoms with van der Waals surface area (Å²) in [6.07, 6.45) is 0. The Kier molecular flexibility index (Phi) is 2.78. The van der Waals surface area contributed by atoms with Gasteiger partial charge in [-0.15, -0.1) is 0 Å². The second-order valence-corrected chi connectivity index (χ2v) is 3.14. The molecule has 0 spiro atoms. The van der Waals surface area contributed by atoms with E-state index >= 15 is 0 Å². The average Bonchev–Trinajstić information content (AvgIpc) is 2.13. The largest absolute Gasteiger partial charge is 0.399 e. The summed E-state index contributed by atoms with van der Waals surface area (Å²) in [6.45, 7) is 6.38. The summed E-state index contributed by atoms with van der Waals surface area (Å²) in [5.41, 5.74) is 9.39. The van der Waals surface area contributed by atoms with Crippen LogP contribution in [-0.4, -0.2) is 11.8 Å². The summed E-state index contributed by atoms with van der Waals surface area (Å²) >= 11 is 0. The third-order valence-electron chi connectivity index (χ3n) is 2.38. The van der Waals surface area contributed by atoms with Gasteiger partial charge in [-0.05, 0) is 44.0 Å². The van der Waals surface area contributed by atoms with Crippen molar-refractivity contribution in [2.24, 2.45) is 0 Å². The zero-order chi connectivity index (χ0) is 10.0. The number of nitrogens with zero attached hydrogens (tertiary/aromatic N) is 1. The summed E-state index contributed by atoms with van der Waals surface area (Å²) in [5.74, 6) is 0. The van der Waals surface area contributed by atoms with E-state index in [0.717, 1.165) is 22.5 Å². The predicted octanol–water partition coefficient (Wildman–Crippen LogP) is 2.10. The molecule has 0 bridgehead atoms. The van der Waals surface area contributed by atoms with Crippen molar-refractivity contribution < 1.29 is 5.21 Å². The number of nitrogen functional groups attached to an aromatic ring is 1. The highest BCUT2D eigenvalue weighted by molar-refractivity contribution is 5.62. The molecule has 0 heterocycles. The molecule has 13 heavy (non-hydrogen) atoms. The number of hydrogen-bond donors (Lipinski definition) is 2. The van der Waals surface area contributed by atoms with E-state index < -0.39 is 0 Å². The Labute approximate surface area is 78.7 Å². The molecule has 0 atom stereocenters. The number of anilines is 2. The zero-order valence-corrected chi connectivity index (χ0v) is 8.33. The van der Waals surface area contributed by atoms with Gasteiger partial charge in [0.05, 0.1) is 5.69 Å². The van der Waals surface area contributed by atoms with E-state index in [1.54, 1.807) is 0 Å². The van der Waals surface area contributed by atoms with Crippen LogP contribution in [0.5, 0.6) is 0 Å². The lowest BCUT2D eigenvalue weighted by atomic mass is 10.1. The highest BCUT2D eigenvalue weighted by Crippen LogP contribution is 2.25. The van der Waals surface area contributed by atoms with Crippen LogP contribution in [0, 0.1) is 13.8 Å². The van der Waals surface area contributed by atoms with Gasteiger partial charge in [0.15, 0.2) is 0 Å². The molecule has 3 N–H and O–H groups in total. The van der Waals surface area contributed by atoms with Crippen LogP contribution >= 0.6 is 0 Å². The number of benzene rings is 1. The average molecular weight is 180 g/mol. The van der Waals surface area contributed by atoms with E-state index in [1.165, 1.54) is 5.06 Å². The van der Waals surface area contributed by atoms with Gasteiger partial charge >= 0.3 is 0 Å². The van der Waals surface area contributed by atoms with Crippen molar-refractivity contribution in [3.8, 4) is 0 Å². The molecular formula is C10H16N2O. The Morgan fingerprint density at radius 2 is 1.92 bits per heavy atom. The van der Waals surface area contributed by atoms with Crippen LogP contribution in [0.3, 0.4) is 0 Å². The fourth-order valence-electron chi connectivity index (χ4n) is 1.28. The van der Waals surface area contributed by atoms with E-state index in [-0.39, 0.29) is 0 Å². The maximum absolute atomic E-state index is 9.52. The van der Waals surface area contributed by atoms with Gasteiger partial charge in [0.2, 0.25) is 0 Å². The third kappa shape index (κ3) is 1.75. The molecule has 0 amide bonds. The predicted molar refractivity (Wildman–Crippen MR) is 55.1 cm³/mol. The van der Waals surface area contributed by atoms with Crippen LogP contribution < -0.4 is 10.8 Å². The molecule has 0 fully saturated rings. The molecule has 0 aliphatic rings. The highest BCUT2D eigenvalue weighted by atomic mass is 16.5. The molecule has 1 rings (SSSR count). The molecule has 3 nitrogen and oxygen atoms in total. The van der Waals surface area contributed by atoms with Crippen LogP contribution in [0.25, 0.3) is 0 Å². The molecule has 1 aromatic carbocycles. The molecule has 0 saturated heterocycles. The summed E-state index contributed by atoms with van der Waals surface area (Å²) in [6, 6.07) is 3.65. The van der Waals surface area contributed by atoms with E-state index in [2.05, 4.69) is 0 Å². The van der Waals surface area contributed by atoms with Gasteiger partial charge in [0.1, 0.15) is 0 Å². The lowest BCUT2D eigenvalue weighted by Crippen LogP contribution is -2.18. The fourth-order valence-corrected chi connectivity index (χ4v) is 1.28. The van der Waals surface area contributed by atoms with Crippen LogP contribution in [-0.2, 0) is 0 Å². The molecule has 0 radical (unpaired) electrons. The maximum Gasteiger partial charge on any atom is 0.0667 e. The van der Waals surface area contributed by atoms with E-state index in [4.69, 9.17) is 5.73 Å². The van der Waals surface area contributed by atoms with Gasteiger partial charge in [0, 0.05) is 12.2 Å². The zero-order valence-electron chi connectivity index (χ0n) is 8.33. The minimum atomic E-state index is 0.574. The lowest BCUT2D eigenvalue weighted by Gasteiger charge is -2.19. The van der Waals surface area contributed by atoms with Crippen molar-refractivity contribution in [2.75, 3.05) is 17.3 Å². The van der Waals surface area contributed by atoms with Gasteiger partial charge in [-0.1, -0.05) is 0 Å². The van der Waals surface area contributed by atoms with Gasteiger partial charge in [-0.3, -0.25) is 10.3 Å². The smallest absolute Gasteiger partial charge is 0.0667 e. The van der Waals surface area contributed by atoms with Crippen molar-refractivity contribution >= 4 is 11.4 Å². The Morgan fingerprint density at radius 3 is 2.46 bits per heavy atom. The highest BCUT2D eigenvalue weighted by Gasteiger charge is 2.07. The monoisotopic (exact) mass is 180 g/mol. The minimum Gasteiger partial charge on any atom is -0.399 e. The molecule has 72 valence electrons. The normalized spacial score (nSPS) is 10.2. The first-order valence-electron chi connectivity index (χ1n) is 4.40. The molecule has 1 aromatic rings.